The summed E-state index contributed by atoms with van der Waals surface area (Å²) in [7, 11) is 5.56. The number of amides is 2. The average Bonchev–Trinajstić information content (AvgIpc) is 3.30. The Morgan fingerprint density at radius 2 is 2.00 bits per heavy atom. The van der Waals surface area contributed by atoms with Gasteiger partial charge in [-0.1, -0.05) is 0 Å². The molecule has 1 aromatic carbocycles. The molecule has 154 valence electrons. The van der Waals surface area contributed by atoms with Crippen LogP contribution in [0, 0.1) is 0 Å². The van der Waals surface area contributed by atoms with Gasteiger partial charge in [-0.25, -0.2) is 0 Å². The summed E-state index contributed by atoms with van der Waals surface area (Å²) in [5, 5.41) is 3.22. The van der Waals surface area contributed by atoms with E-state index in [0.717, 1.165) is 12.3 Å². The minimum Gasteiger partial charge on any atom is -0.497 e. The first kappa shape index (κ1) is 20.8. The van der Waals surface area contributed by atoms with Gasteiger partial charge in [-0.15, -0.1) is 0 Å². The van der Waals surface area contributed by atoms with E-state index in [0.29, 0.717) is 28.2 Å². The first-order chi connectivity index (χ1) is 13.9. The summed E-state index contributed by atoms with van der Waals surface area (Å²) in [6.07, 6.45) is 0. The number of thioether (sulfide) groups is 1. The summed E-state index contributed by atoms with van der Waals surface area (Å²) < 4.78 is 16.3. The Kier molecular flexibility index (Phi) is 6.50. The molecule has 0 atom stereocenters. The van der Waals surface area contributed by atoms with Gasteiger partial charge >= 0.3 is 0 Å². The highest BCUT2D eigenvalue weighted by atomic mass is 32.2. The van der Waals surface area contributed by atoms with Crippen molar-refractivity contribution in [2.45, 2.75) is 5.75 Å². The number of primary amides is 1. The zero-order valence-electron chi connectivity index (χ0n) is 16.5. The lowest BCUT2D eigenvalue weighted by atomic mass is 10.2. The number of nitrogens with one attached hydrogen (secondary N) is 1. The molecule has 0 unspecified atom stereocenters. The number of ether oxygens (including phenoxy) is 1. The largest absolute Gasteiger partial charge is 0.497 e. The molecule has 0 radical (unpaired) electrons. The molecule has 0 aliphatic heterocycles. The lowest BCUT2D eigenvalue weighted by Gasteiger charge is -2.07. The molecule has 3 N–H and O–H groups in total. The van der Waals surface area contributed by atoms with Gasteiger partial charge in [0, 0.05) is 23.8 Å². The van der Waals surface area contributed by atoms with Gasteiger partial charge < -0.3 is 29.5 Å². The van der Waals surface area contributed by atoms with E-state index in [1.807, 2.05) is 14.1 Å². The fourth-order valence-electron chi connectivity index (χ4n) is 2.67. The number of methoxy groups -OCH3 is 1. The Hall–Kier alpha value is -2.91. The van der Waals surface area contributed by atoms with Crippen LogP contribution < -0.4 is 15.8 Å². The Morgan fingerprint density at radius 3 is 2.69 bits per heavy atom. The Bertz CT molecular complexity index is 1020. The monoisotopic (exact) mass is 417 g/mol. The molecule has 2 aromatic heterocycles. The van der Waals surface area contributed by atoms with E-state index in [4.69, 9.17) is 19.3 Å². The number of nitrogens with two attached hydrogens (primary N) is 1. The maximum Gasteiger partial charge on any atom is 0.291 e. The molecule has 3 aromatic rings. The molecule has 2 amide bonds. The van der Waals surface area contributed by atoms with Gasteiger partial charge in [0.05, 0.1) is 12.9 Å². The summed E-state index contributed by atoms with van der Waals surface area (Å²) in [5.41, 5.74) is 6.00. The molecule has 9 heteroatoms. The van der Waals surface area contributed by atoms with Crippen molar-refractivity contribution in [2.75, 3.05) is 38.8 Å². The van der Waals surface area contributed by atoms with Crippen molar-refractivity contribution in [2.24, 2.45) is 5.73 Å². The predicted molar refractivity (Wildman–Crippen MR) is 113 cm³/mol. The highest BCUT2D eigenvalue weighted by Crippen LogP contribution is 2.33. The van der Waals surface area contributed by atoms with Gasteiger partial charge in [0.15, 0.2) is 5.76 Å². The number of furan rings is 2. The van der Waals surface area contributed by atoms with Crippen LogP contribution in [0.15, 0.2) is 39.2 Å². The second kappa shape index (κ2) is 9.06. The SMILES string of the molecule is COc1ccc2c(NC(=O)c3ccc(CSCCN(C)C)o3)c(C(N)=O)oc2c1. The number of hydrogen-bond acceptors (Lipinski definition) is 7. The van der Waals surface area contributed by atoms with E-state index in [9.17, 15) is 9.59 Å². The van der Waals surface area contributed by atoms with Crippen LogP contribution in [0.4, 0.5) is 5.69 Å². The summed E-state index contributed by atoms with van der Waals surface area (Å²) >= 11 is 1.72. The zero-order valence-corrected chi connectivity index (χ0v) is 17.3. The fraction of sp³-hybridized carbons (Fsp3) is 0.300. The third-order valence-corrected chi connectivity index (χ3v) is 5.13. The molecule has 2 heterocycles. The lowest BCUT2D eigenvalue weighted by molar-refractivity contribution is 0.0977. The highest BCUT2D eigenvalue weighted by Gasteiger charge is 2.22. The van der Waals surface area contributed by atoms with Crippen molar-refractivity contribution in [1.29, 1.82) is 0 Å². The van der Waals surface area contributed by atoms with E-state index in [1.54, 1.807) is 42.1 Å². The Labute approximate surface area is 172 Å². The number of benzene rings is 1. The van der Waals surface area contributed by atoms with Crippen LogP contribution in [0.2, 0.25) is 0 Å². The minimum absolute atomic E-state index is 0.132. The van der Waals surface area contributed by atoms with E-state index in [2.05, 4.69) is 10.2 Å². The number of carbonyl (C=O) groups excluding carboxylic acids is 2. The van der Waals surface area contributed by atoms with Crippen molar-refractivity contribution < 1.29 is 23.2 Å². The van der Waals surface area contributed by atoms with Gasteiger partial charge in [-0.3, -0.25) is 9.59 Å². The molecule has 0 saturated heterocycles. The topological polar surface area (TPSA) is 111 Å². The smallest absolute Gasteiger partial charge is 0.291 e. The van der Waals surface area contributed by atoms with E-state index < -0.39 is 11.8 Å². The number of rotatable bonds is 9. The predicted octanol–water partition coefficient (Wildman–Crippen LogP) is 3.18. The van der Waals surface area contributed by atoms with Crippen molar-refractivity contribution in [3.05, 3.63) is 47.6 Å². The number of fused-ring (bicyclic) bond motifs is 1. The zero-order chi connectivity index (χ0) is 21.0. The van der Waals surface area contributed by atoms with Crippen LogP contribution in [0.3, 0.4) is 0 Å². The third-order valence-electron chi connectivity index (χ3n) is 4.17. The summed E-state index contributed by atoms with van der Waals surface area (Å²) in [6.45, 7) is 0.965. The van der Waals surface area contributed by atoms with Crippen molar-refractivity contribution in [3.63, 3.8) is 0 Å². The van der Waals surface area contributed by atoms with Gasteiger partial charge in [-0.05, 0) is 38.4 Å². The van der Waals surface area contributed by atoms with E-state index >= 15 is 0 Å². The average molecular weight is 417 g/mol. The first-order valence-corrected chi connectivity index (χ1v) is 10.1. The van der Waals surface area contributed by atoms with Crippen molar-refractivity contribution >= 4 is 40.2 Å². The van der Waals surface area contributed by atoms with Crippen molar-refractivity contribution in [3.8, 4) is 5.75 Å². The van der Waals surface area contributed by atoms with Crippen LogP contribution >= 0.6 is 11.8 Å². The quantitative estimate of drug-likeness (QED) is 0.514. The molecular weight excluding hydrogens is 394 g/mol. The summed E-state index contributed by atoms with van der Waals surface area (Å²) in [5.74, 6) is 1.63. The minimum atomic E-state index is -0.784. The molecular formula is C20H23N3O5S. The third kappa shape index (κ3) is 4.93. The van der Waals surface area contributed by atoms with Crippen LogP contribution in [0.25, 0.3) is 11.0 Å². The number of nitrogens with zero attached hydrogens (tertiary/aromatic N) is 1. The Balaban J connectivity index is 1.76. The molecule has 0 fully saturated rings. The normalized spacial score (nSPS) is 11.2. The summed E-state index contributed by atoms with van der Waals surface area (Å²) in [4.78, 5) is 26.5. The van der Waals surface area contributed by atoms with Crippen LogP contribution in [-0.2, 0) is 5.75 Å². The van der Waals surface area contributed by atoms with E-state index in [1.165, 1.54) is 7.11 Å². The second-order valence-electron chi connectivity index (χ2n) is 6.61. The molecule has 29 heavy (non-hydrogen) atoms. The summed E-state index contributed by atoms with van der Waals surface area (Å²) in [6, 6.07) is 8.38. The molecule has 0 saturated carbocycles. The first-order valence-electron chi connectivity index (χ1n) is 8.92. The highest BCUT2D eigenvalue weighted by molar-refractivity contribution is 7.98. The van der Waals surface area contributed by atoms with Crippen LogP contribution in [0.5, 0.6) is 5.75 Å². The van der Waals surface area contributed by atoms with Gasteiger partial charge in [0.25, 0.3) is 11.8 Å². The maximum absolute atomic E-state index is 12.6. The van der Waals surface area contributed by atoms with Gasteiger partial charge in [0.2, 0.25) is 5.76 Å². The number of anilines is 1. The fourth-order valence-corrected chi connectivity index (χ4v) is 3.67. The number of hydrogen-bond donors (Lipinski definition) is 2. The molecule has 0 spiro atoms. The van der Waals surface area contributed by atoms with Crippen LogP contribution in [0.1, 0.15) is 26.9 Å². The van der Waals surface area contributed by atoms with Crippen molar-refractivity contribution in [1.82, 2.24) is 4.90 Å². The van der Waals surface area contributed by atoms with Gasteiger partial charge in [0.1, 0.15) is 22.8 Å². The van der Waals surface area contributed by atoms with Gasteiger partial charge in [-0.2, -0.15) is 11.8 Å². The number of carbonyl (C=O) groups is 2. The standard InChI is InChI=1S/C20H23N3O5S/c1-23(2)8-9-29-11-13-5-7-15(27-13)20(25)22-17-14-6-4-12(26-3)10-16(14)28-18(17)19(21)24/h4-7,10H,8-9,11H2,1-3H3,(H2,21,24)(H,22,25). The lowest BCUT2D eigenvalue weighted by Crippen LogP contribution is -2.16. The molecule has 8 nitrogen and oxygen atoms in total. The molecule has 3 rings (SSSR count). The second-order valence-corrected chi connectivity index (χ2v) is 7.71. The van der Waals surface area contributed by atoms with Crippen LogP contribution in [-0.4, -0.2) is 50.2 Å². The molecule has 0 aliphatic rings. The molecule has 0 bridgehead atoms. The molecule has 0 aliphatic carbocycles. The maximum atomic E-state index is 12.6. The Morgan fingerprint density at radius 1 is 1.21 bits per heavy atom. The van der Waals surface area contributed by atoms with E-state index in [-0.39, 0.29) is 17.2 Å².